The number of aromatic nitrogens is 1. The molecule has 0 spiro atoms. The van der Waals surface area contributed by atoms with E-state index in [4.69, 9.17) is 0 Å². The largest absolute Gasteiger partial charge is 0.265 e. The van der Waals surface area contributed by atoms with Crippen LogP contribution in [0.4, 0.5) is 5.82 Å². The molecule has 0 amide bonds. The molecule has 0 radical (unpaired) electrons. The maximum Gasteiger partial charge on any atom is 0.265 e. The van der Waals surface area contributed by atoms with Gasteiger partial charge in [-0.05, 0) is 47.9 Å². The van der Waals surface area contributed by atoms with Crippen molar-refractivity contribution < 1.29 is 8.42 Å². The number of fused-ring (bicyclic) bond motifs is 2. The molecule has 4 nitrogen and oxygen atoms in total. The summed E-state index contributed by atoms with van der Waals surface area (Å²) in [5.41, 5.74) is 2.81. The first-order chi connectivity index (χ1) is 14.9. The molecule has 5 heteroatoms. The fraction of sp³-hybridized carbons (Fsp3) is 0.192. The van der Waals surface area contributed by atoms with Gasteiger partial charge in [0.25, 0.3) is 10.0 Å². The quantitative estimate of drug-likeness (QED) is 0.446. The molecule has 5 rings (SSSR count). The average molecular weight is 429 g/mol. The second-order valence-corrected chi connectivity index (χ2v) is 10.5. The van der Waals surface area contributed by atoms with Crippen LogP contribution in [0.15, 0.2) is 90.0 Å². The molecular formula is C26H24N2O2S. The minimum atomic E-state index is -3.70. The Labute approximate surface area is 183 Å². The molecule has 1 aliphatic heterocycles. The molecule has 3 aromatic carbocycles. The van der Waals surface area contributed by atoms with Gasteiger partial charge in [0.05, 0.1) is 4.90 Å². The Morgan fingerprint density at radius 3 is 2.45 bits per heavy atom. The van der Waals surface area contributed by atoms with Crippen LogP contribution in [0, 0.1) is 6.92 Å². The zero-order chi connectivity index (χ0) is 21.6. The summed E-state index contributed by atoms with van der Waals surface area (Å²) in [7, 11) is -3.70. The molecule has 0 unspecified atom stereocenters. The van der Waals surface area contributed by atoms with Gasteiger partial charge in [0.2, 0.25) is 0 Å². The highest BCUT2D eigenvalue weighted by Gasteiger charge is 2.44. The van der Waals surface area contributed by atoms with E-state index in [9.17, 15) is 8.42 Å². The fourth-order valence-electron chi connectivity index (χ4n) is 4.53. The van der Waals surface area contributed by atoms with E-state index in [0.29, 0.717) is 17.3 Å². The summed E-state index contributed by atoms with van der Waals surface area (Å²) >= 11 is 0. The van der Waals surface area contributed by atoms with E-state index >= 15 is 0 Å². The fourth-order valence-corrected chi connectivity index (χ4v) is 6.09. The van der Waals surface area contributed by atoms with E-state index < -0.39 is 10.0 Å². The maximum atomic E-state index is 13.5. The van der Waals surface area contributed by atoms with E-state index in [1.807, 2.05) is 43.3 Å². The lowest BCUT2D eigenvalue weighted by Crippen LogP contribution is -2.36. The number of benzene rings is 3. The number of rotatable bonds is 4. The molecule has 1 aromatic heterocycles. The van der Waals surface area contributed by atoms with E-state index in [2.05, 4.69) is 42.2 Å². The van der Waals surface area contributed by atoms with Gasteiger partial charge >= 0.3 is 0 Å². The monoisotopic (exact) mass is 428 g/mol. The van der Waals surface area contributed by atoms with Crippen LogP contribution in [0.1, 0.15) is 23.6 Å². The maximum absolute atomic E-state index is 13.5. The van der Waals surface area contributed by atoms with Gasteiger partial charge in [-0.2, -0.15) is 0 Å². The Morgan fingerprint density at radius 1 is 0.935 bits per heavy atom. The van der Waals surface area contributed by atoms with Crippen LogP contribution in [0.2, 0.25) is 0 Å². The zero-order valence-electron chi connectivity index (χ0n) is 17.6. The predicted molar refractivity (Wildman–Crippen MR) is 125 cm³/mol. The summed E-state index contributed by atoms with van der Waals surface area (Å²) in [4.78, 5) is 4.78. The molecule has 156 valence electrons. The summed E-state index contributed by atoms with van der Waals surface area (Å²) in [6.07, 6.45) is 2.40. The van der Waals surface area contributed by atoms with E-state index in [0.717, 1.165) is 17.5 Å². The van der Waals surface area contributed by atoms with Gasteiger partial charge in [0, 0.05) is 23.7 Å². The highest BCUT2D eigenvalue weighted by molar-refractivity contribution is 7.92. The Bertz CT molecular complexity index is 1380. The summed E-state index contributed by atoms with van der Waals surface area (Å²) in [5.74, 6) is 0.534. The van der Waals surface area contributed by atoms with Gasteiger partial charge in [-0.25, -0.2) is 17.7 Å². The molecule has 0 N–H and O–H groups in total. The minimum Gasteiger partial charge on any atom is -0.249 e. The van der Waals surface area contributed by atoms with E-state index in [1.54, 1.807) is 18.3 Å². The number of sulfonamides is 1. The van der Waals surface area contributed by atoms with Gasteiger partial charge in [-0.15, -0.1) is 0 Å². The molecule has 4 aromatic rings. The molecule has 1 aliphatic rings. The van der Waals surface area contributed by atoms with E-state index in [-0.39, 0.29) is 5.41 Å². The smallest absolute Gasteiger partial charge is 0.249 e. The molecule has 31 heavy (non-hydrogen) atoms. The van der Waals surface area contributed by atoms with Crippen LogP contribution >= 0.6 is 0 Å². The first-order valence-electron chi connectivity index (χ1n) is 10.4. The molecule has 0 saturated heterocycles. The van der Waals surface area contributed by atoms with Crippen molar-refractivity contribution in [3.05, 3.63) is 102 Å². The average Bonchev–Trinajstić information content (AvgIpc) is 3.07. The molecule has 1 atom stereocenters. The molecule has 0 aliphatic carbocycles. The SMILES string of the molecule is Cc1ccc(S(=O)(=O)N2C[C@@](C)(Cc3ccc4ccccc4c3)c3cccnc32)cc1. The van der Waals surface area contributed by atoms with Crippen LogP contribution in [-0.4, -0.2) is 19.9 Å². The number of anilines is 1. The normalized spacial score (nSPS) is 18.3. The summed E-state index contributed by atoms with van der Waals surface area (Å²) < 4.78 is 28.5. The minimum absolute atomic E-state index is 0.296. The molecule has 2 heterocycles. The van der Waals surface area contributed by atoms with Crippen LogP contribution in [0.3, 0.4) is 0 Å². The lowest BCUT2D eigenvalue weighted by atomic mass is 9.79. The van der Waals surface area contributed by atoms with Crippen molar-refractivity contribution in [2.75, 3.05) is 10.8 Å². The third kappa shape index (κ3) is 3.39. The first-order valence-corrected chi connectivity index (χ1v) is 11.8. The van der Waals surface area contributed by atoms with Crippen LogP contribution in [0.25, 0.3) is 10.8 Å². The first kappa shape index (κ1) is 19.8. The second-order valence-electron chi connectivity index (χ2n) is 8.62. The van der Waals surface area contributed by atoms with E-state index in [1.165, 1.54) is 20.6 Å². The molecule has 0 bridgehead atoms. The van der Waals surface area contributed by atoms with Crippen molar-refractivity contribution in [1.29, 1.82) is 0 Å². The second kappa shape index (κ2) is 7.20. The lowest BCUT2D eigenvalue weighted by molar-refractivity contribution is 0.504. The topological polar surface area (TPSA) is 50.3 Å². The Balaban J connectivity index is 1.55. The van der Waals surface area contributed by atoms with Gasteiger partial charge in [0.1, 0.15) is 5.82 Å². The highest BCUT2D eigenvalue weighted by atomic mass is 32.2. The van der Waals surface area contributed by atoms with Gasteiger partial charge < -0.3 is 0 Å². The van der Waals surface area contributed by atoms with Gasteiger partial charge in [-0.3, -0.25) is 0 Å². The molecule has 0 fully saturated rings. The lowest BCUT2D eigenvalue weighted by Gasteiger charge is -2.26. The summed E-state index contributed by atoms with van der Waals surface area (Å²) in [5, 5.41) is 2.39. The van der Waals surface area contributed by atoms with Crippen molar-refractivity contribution in [3.8, 4) is 0 Å². The van der Waals surface area contributed by atoms with Gasteiger partial charge in [-0.1, -0.05) is 73.2 Å². The highest BCUT2D eigenvalue weighted by Crippen LogP contribution is 2.44. The summed E-state index contributed by atoms with van der Waals surface area (Å²) in [6, 6.07) is 25.7. The third-order valence-corrected chi connectivity index (χ3v) is 7.93. The van der Waals surface area contributed by atoms with Crippen molar-refractivity contribution in [1.82, 2.24) is 4.98 Å². The number of hydrogen-bond acceptors (Lipinski definition) is 3. The van der Waals surface area contributed by atoms with Crippen molar-refractivity contribution >= 4 is 26.6 Å². The molecular weight excluding hydrogens is 404 g/mol. The number of nitrogens with zero attached hydrogens (tertiary/aromatic N) is 2. The van der Waals surface area contributed by atoms with Crippen LogP contribution in [-0.2, 0) is 21.9 Å². The standard InChI is InChI=1S/C26H24N2O2S/c1-19-9-13-23(14-10-19)31(29,30)28-18-26(2,24-8-5-15-27-25(24)28)17-20-11-12-21-6-3-4-7-22(21)16-20/h3-16H,17-18H2,1-2H3/t26-/m1/s1. The Morgan fingerprint density at radius 2 is 1.68 bits per heavy atom. The van der Waals surface area contributed by atoms with Gasteiger partial charge in [0.15, 0.2) is 0 Å². The van der Waals surface area contributed by atoms with Crippen LogP contribution < -0.4 is 4.31 Å². The number of aryl methyl sites for hydroxylation is 1. The van der Waals surface area contributed by atoms with Crippen molar-refractivity contribution in [3.63, 3.8) is 0 Å². The van der Waals surface area contributed by atoms with Crippen molar-refractivity contribution in [2.45, 2.75) is 30.6 Å². The zero-order valence-corrected chi connectivity index (χ0v) is 18.4. The molecule has 0 saturated carbocycles. The van der Waals surface area contributed by atoms with Crippen LogP contribution in [0.5, 0.6) is 0 Å². The van der Waals surface area contributed by atoms with Crippen molar-refractivity contribution in [2.24, 2.45) is 0 Å². The number of pyridine rings is 1. The summed E-state index contributed by atoms with van der Waals surface area (Å²) in [6.45, 7) is 4.44. The Kier molecular flexibility index (Phi) is 4.59. The predicted octanol–water partition coefficient (Wildman–Crippen LogP) is 5.25. The third-order valence-electron chi connectivity index (χ3n) is 6.18. The number of hydrogen-bond donors (Lipinski definition) is 0. The Hall–Kier alpha value is -3.18.